The Morgan fingerprint density at radius 1 is 1.05 bits per heavy atom. The van der Waals surface area contributed by atoms with Gasteiger partial charge in [-0.05, 0) is 19.1 Å². The highest BCUT2D eigenvalue weighted by molar-refractivity contribution is 5.99. The van der Waals surface area contributed by atoms with Gasteiger partial charge in [-0.2, -0.15) is 0 Å². The van der Waals surface area contributed by atoms with Gasteiger partial charge in [-0.3, -0.25) is 0 Å². The lowest BCUT2D eigenvalue weighted by Crippen LogP contribution is -1.87. The van der Waals surface area contributed by atoms with Crippen LogP contribution in [-0.4, -0.2) is 22.3 Å². The van der Waals surface area contributed by atoms with E-state index < -0.39 is 0 Å². The summed E-state index contributed by atoms with van der Waals surface area (Å²) in [4.78, 5) is 3.28. The molecule has 102 valence electrons. The molecule has 0 amide bonds. The van der Waals surface area contributed by atoms with Crippen LogP contribution in [0, 0.1) is 6.92 Å². The minimum atomic E-state index is 0.00461. The van der Waals surface area contributed by atoms with Crippen LogP contribution in [0.25, 0.3) is 22.0 Å². The fraction of sp³-hybridized carbons (Fsp3) is 0.125. The highest BCUT2D eigenvalue weighted by Crippen LogP contribution is 2.42. The summed E-state index contributed by atoms with van der Waals surface area (Å²) in [7, 11) is 1.45. The molecule has 1 heterocycles. The second-order valence-corrected chi connectivity index (χ2v) is 4.71. The van der Waals surface area contributed by atoms with Crippen molar-refractivity contribution in [2.45, 2.75) is 6.92 Å². The highest BCUT2D eigenvalue weighted by Gasteiger charge is 2.16. The van der Waals surface area contributed by atoms with Gasteiger partial charge in [0.2, 0.25) is 0 Å². The number of nitrogens with one attached hydrogen (secondary N) is 1. The molecule has 1 aromatic heterocycles. The lowest BCUT2D eigenvalue weighted by molar-refractivity contribution is 0.369. The Morgan fingerprint density at radius 3 is 2.55 bits per heavy atom. The van der Waals surface area contributed by atoms with E-state index in [0.717, 1.165) is 22.2 Å². The molecule has 0 aliphatic heterocycles. The predicted molar refractivity (Wildman–Crippen MR) is 78.4 cm³/mol. The maximum absolute atomic E-state index is 10.2. The van der Waals surface area contributed by atoms with E-state index in [1.54, 1.807) is 0 Å². The first kappa shape index (κ1) is 12.4. The van der Waals surface area contributed by atoms with Crippen molar-refractivity contribution in [2.24, 2.45) is 0 Å². The van der Waals surface area contributed by atoms with Crippen molar-refractivity contribution >= 4 is 10.9 Å². The molecular formula is C16H15NO3. The Bertz CT molecular complexity index is 790. The zero-order chi connectivity index (χ0) is 14.3. The largest absolute Gasteiger partial charge is 0.507 e. The summed E-state index contributed by atoms with van der Waals surface area (Å²) in [5, 5.41) is 21.1. The fourth-order valence-corrected chi connectivity index (χ4v) is 2.55. The van der Waals surface area contributed by atoms with Gasteiger partial charge in [0, 0.05) is 33.8 Å². The molecule has 0 bridgehead atoms. The molecule has 0 aliphatic carbocycles. The minimum absolute atomic E-state index is 0.00461. The number of hydrogen-bond donors (Lipinski definition) is 3. The molecule has 4 nitrogen and oxygen atoms in total. The van der Waals surface area contributed by atoms with Gasteiger partial charge in [-0.1, -0.05) is 18.2 Å². The molecule has 0 fully saturated rings. The number of rotatable bonds is 2. The molecule has 3 N–H and O–H groups in total. The maximum atomic E-state index is 10.2. The molecule has 0 unspecified atom stereocenters. The number of para-hydroxylation sites is 1. The zero-order valence-electron chi connectivity index (χ0n) is 11.3. The quantitative estimate of drug-likeness (QED) is 0.623. The number of H-pyrrole nitrogens is 1. The highest BCUT2D eigenvalue weighted by atomic mass is 16.5. The van der Waals surface area contributed by atoms with Gasteiger partial charge in [0.05, 0.1) is 7.11 Å². The van der Waals surface area contributed by atoms with Crippen LogP contribution in [-0.2, 0) is 0 Å². The standard InChI is InChI=1S/C16H15NO3/c1-9-16(10-5-3-4-6-12(10)17-9)11-7-14(19)15(20-2)8-13(11)18/h3-8,17-19H,1-2H3. The van der Waals surface area contributed by atoms with E-state index in [4.69, 9.17) is 4.74 Å². The number of benzene rings is 2. The number of phenols is 2. The average molecular weight is 269 g/mol. The molecule has 0 atom stereocenters. The van der Waals surface area contributed by atoms with E-state index in [9.17, 15) is 10.2 Å². The monoisotopic (exact) mass is 269 g/mol. The molecule has 0 saturated heterocycles. The van der Waals surface area contributed by atoms with Crippen molar-refractivity contribution in [1.82, 2.24) is 4.98 Å². The lowest BCUT2D eigenvalue weighted by atomic mass is 10.0. The van der Waals surface area contributed by atoms with Crippen molar-refractivity contribution in [3.8, 4) is 28.4 Å². The van der Waals surface area contributed by atoms with E-state index in [-0.39, 0.29) is 17.2 Å². The van der Waals surface area contributed by atoms with E-state index in [1.807, 2.05) is 31.2 Å². The number of phenolic OH excluding ortho intramolecular Hbond substituents is 2. The van der Waals surface area contributed by atoms with E-state index >= 15 is 0 Å². The summed E-state index contributed by atoms with van der Waals surface area (Å²) >= 11 is 0. The van der Waals surface area contributed by atoms with Crippen LogP contribution < -0.4 is 4.74 Å². The topological polar surface area (TPSA) is 65.5 Å². The van der Waals surface area contributed by atoms with Gasteiger partial charge in [0.25, 0.3) is 0 Å². The molecule has 0 saturated carbocycles. The van der Waals surface area contributed by atoms with E-state index in [0.29, 0.717) is 5.56 Å². The average Bonchev–Trinajstić information content (AvgIpc) is 2.77. The molecule has 0 aliphatic rings. The Balaban J connectivity index is 2.31. The smallest absolute Gasteiger partial charge is 0.164 e. The summed E-state index contributed by atoms with van der Waals surface area (Å²) < 4.78 is 5.00. The normalized spacial score (nSPS) is 10.9. The Kier molecular flexibility index (Phi) is 2.79. The molecule has 20 heavy (non-hydrogen) atoms. The third kappa shape index (κ3) is 1.77. The van der Waals surface area contributed by atoms with Crippen LogP contribution >= 0.6 is 0 Å². The third-order valence-electron chi connectivity index (χ3n) is 3.46. The molecule has 3 aromatic rings. The van der Waals surface area contributed by atoms with E-state index in [1.165, 1.54) is 19.2 Å². The number of aromatic hydroxyl groups is 2. The van der Waals surface area contributed by atoms with Crippen LogP contribution in [0.15, 0.2) is 36.4 Å². The first-order chi connectivity index (χ1) is 9.61. The van der Waals surface area contributed by atoms with Crippen LogP contribution in [0.2, 0.25) is 0 Å². The van der Waals surface area contributed by atoms with Crippen molar-refractivity contribution in [3.63, 3.8) is 0 Å². The first-order valence-corrected chi connectivity index (χ1v) is 6.29. The number of hydrogen-bond acceptors (Lipinski definition) is 3. The lowest BCUT2D eigenvalue weighted by Gasteiger charge is -2.09. The van der Waals surface area contributed by atoms with Gasteiger partial charge in [-0.15, -0.1) is 0 Å². The van der Waals surface area contributed by atoms with Crippen molar-refractivity contribution in [3.05, 3.63) is 42.1 Å². The number of methoxy groups -OCH3 is 1. The molecule has 0 spiro atoms. The molecule has 4 heteroatoms. The zero-order valence-corrected chi connectivity index (χ0v) is 11.3. The van der Waals surface area contributed by atoms with Crippen LogP contribution in [0.1, 0.15) is 5.69 Å². The van der Waals surface area contributed by atoms with Gasteiger partial charge in [0.1, 0.15) is 5.75 Å². The second kappa shape index (κ2) is 4.49. The molecule has 2 aromatic carbocycles. The minimum Gasteiger partial charge on any atom is -0.507 e. The number of fused-ring (bicyclic) bond motifs is 1. The van der Waals surface area contributed by atoms with Gasteiger partial charge >= 0.3 is 0 Å². The van der Waals surface area contributed by atoms with Gasteiger partial charge in [-0.25, -0.2) is 0 Å². The number of aromatic nitrogens is 1. The fourth-order valence-electron chi connectivity index (χ4n) is 2.55. The first-order valence-electron chi connectivity index (χ1n) is 6.29. The van der Waals surface area contributed by atoms with Crippen molar-refractivity contribution < 1.29 is 14.9 Å². The van der Waals surface area contributed by atoms with Crippen LogP contribution in [0.3, 0.4) is 0 Å². The van der Waals surface area contributed by atoms with Crippen LogP contribution in [0.4, 0.5) is 0 Å². The number of aryl methyl sites for hydroxylation is 1. The Morgan fingerprint density at radius 2 is 1.80 bits per heavy atom. The molecule has 3 rings (SSSR count). The summed E-state index contributed by atoms with van der Waals surface area (Å²) in [5.74, 6) is 0.334. The number of ether oxygens (including phenoxy) is 1. The summed E-state index contributed by atoms with van der Waals surface area (Å²) in [6.07, 6.45) is 0. The Labute approximate surface area is 116 Å². The predicted octanol–water partition coefficient (Wildman–Crippen LogP) is 3.56. The van der Waals surface area contributed by atoms with Gasteiger partial charge < -0.3 is 19.9 Å². The second-order valence-electron chi connectivity index (χ2n) is 4.71. The molecule has 0 radical (unpaired) electrons. The SMILES string of the molecule is COc1cc(O)c(-c2c(C)[nH]c3ccccc23)cc1O. The van der Waals surface area contributed by atoms with Crippen molar-refractivity contribution in [2.75, 3.05) is 7.11 Å². The summed E-state index contributed by atoms with van der Waals surface area (Å²) in [6, 6.07) is 10.8. The summed E-state index contributed by atoms with van der Waals surface area (Å²) in [5.41, 5.74) is 3.40. The van der Waals surface area contributed by atoms with Gasteiger partial charge in [0.15, 0.2) is 11.5 Å². The maximum Gasteiger partial charge on any atom is 0.164 e. The summed E-state index contributed by atoms with van der Waals surface area (Å²) in [6.45, 7) is 1.94. The molecular weight excluding hydrogens is 254 g/mol. The number of aromatic amines is 1. The van der Waals surface area contributed by atoms with Crippen molar-refractivity contribution in [1.29, 1.82) is 0 Å². The third-order valence-corrected chi connectivity index (χ3v) is 3.46. The Hall–Kier alpha value is -2.62. The van der Waals surface area contributed by atoms with Crippen LogP contribution in [0.5, 0.6) is 17.2 Å². The van der Waals surface area contributed by atoms with E-state index in [2.05, 4.69) is 4.98 Å².